The molecule has 0 aliphatic heterocycles. The molecule has 116 valence electrons. The first kappa shape index (κ1) is 16.4. The number of aryl methyl sites for hydroxylation is 1. The van der Waals surface area contributed by atoms with Gasteiger partial charge in [0.1, 0.15) is 11.2 Å². The molecule has 0 saturated heterocycles. The van der Waals surface area contributed by atoms with Gasteiger partial charge in [-0.2, -0.15) is 10.4 Å². The summed E-state index contributed by atoms with van der Waals surface area (Å²) in [6, 6.07) is 9.93. The second kappa shape index (κ2) is 6.85. The molecule has 0 saturated carbocycles. The standard InChI is InChI=1S/C15H12ClN5O2/c1-10-7-14(19-15(16)12(10)8-17)20(2)18-9-11-5-3-4-6-13(11)21(22)23/h3-7,9H,1-2H3/b18-9+. The van der Waals surface area contributed by atoms with Crippen LogP contribution in [0.4, 0.5) is 11.5 Å². The Hall–Kier alpha value is -2.98. The fraction of sp³-hybridized carbons (Fsp3) is 0.133. The summed E-state index contributed by atoms with van der Waals surface area (Å²) in [4.78, 5) is 14.6. The number of rotatable bonds is 4. The molecule has 0 N–H and O–H groups in total. The molecule has 0 bridgehead atoms. The Labute approximate surface area is 137 Å². The number of benzene rings is 1. The molecule has 0 unspecified atom stereocenters. The number of pyridine rings is 1. The molecule has 0 amide bonds. The van der Waals surface area contributed by atoms with E-state index in [9.17, 15) is 10.1 Å². The molecule has 0 spiro atoms. The highest BCUT2D eigenvalue weighted by atomic mass is 35.5. The molecular formula is C15H12ClN5O2. The fourth-order valence-electron chi connectivity index (χ4n) is 1.89. The molecular weight excluding hydrogens is 318 g/mol. The van der Waals surface area contributed by atoms with Crippen LogP contribution in [0.15, 0.2) is 35.4 Å². The molecule has 0 atom stereocenters. The van der Waals surface area contributed by atoms with Gasteiger partial charge in [0.2, 0.25) is 0 Å². The monoisotopic (exact) mass is 329 g/mol. The van der Waals surface area contributed by atoms with Crippen LogP contribution in [0.2, 0.25) is 5.15 Å². The highest BCUT2D eigenvalue weighted by molar-refractivity contribution is 6.30. The predicted octanol–water partition coefficient (Wildman–Crippen LogP) is 3.29. The molecule has 0 radical (unpaired) electrons. The number of nitro groups is 1. The normalized spacial score (nSPS) is 10.5. The Morgan fingerprint density at radius 2 is 2.17 bits per heavy atom. The number of para-hydroxylation sites is 1. The predicted molar refractivity (Wildman–Crippen MR) is 87.8 cm³/mol. The minimum Gasteiger partial charge on any atom is -0.258 e. The summed E-state index contributed by atoms with van der Waals surface area (Å²) in [6.45, 7) is 1.75. The van der Waals surface area contributed by atoms with E-state index in [1.807, 2.05) is 6.07 Å². The maximum atomic E-state index is 11.0. The largest absolute Gasteiger partial charge is 0.278 e. The quantitative estimate of drug-likeness (QED) is 0.371. The van der Waals surface area contributed by atoms with Gasteiger partial charge in [-0.1, -0.05) is 23.7 Å². The van der Waals surface area contributed by atoms with Gasteiger partial charge in [-0.3, -0.25) is 15.1 Å². The zero-order valence-electron chi connectivity index (χ0n) is 12.4. The van der Waals surface area contributed by atoms with Crippen molar-refractivity contribution in [2.75, 3.05) is 12.1 Å². The third kappa shape index (κ3) is 3.62. The van der Waals surface area contributed by atoms with Crippen LogP contribution in [-0.4, -0.2) is 23.2 Å². The van der Waals surface area contributed by atoms with E-state index in [0.717, 1.165) is 0 Å². The summed E-state index contributed by atoms with van der Waals surface area (Å²) in [5.74, 6) is 0.432. The van der Waals surface area contributed by atoms with Gasteiger partial charge < -0.3 is 0 Å². The van der Waals surface area contributed by atoms with E-state index in [1.165, 1.54) is 17.3 Å². The summed E-state index contributed by atoms with van der Waals surface area (Å²) < 4.78 is 0. The van der Waals surface area contributed by atoms with Gasteiger partial charge >= 0.3 is 0 Å². The van der Waals surface area contributed by atoms with Crippen molar-refractivity contribution in [3.63, 3.8) is 0 Å². The molecule has 2 aromatic rings. The van der Waals surface area contributed by atoms with Gasteiger partial charge in [0.05, 0.1) is 22.3 Å². The van der Waals surface area contributed by atoms with Gasteiger partial charge in [0.25, 0.3) is 5.69 Å². The molecule has 8 heteroatoms. The molecule has 1 heterocycles. The Bertz CT molecular complexity index is 806. The fourth-order valence-corrected chi connectivity index (χ4v) is 2.17. The Morgan fingerprint density at radius 3 is 2.78 bits per heavy atom. The van der Waals surface area contributed by atoms with Crippen LogP contribution in [0.3, 0.4) is 0 Å². The van der Waals surface area contributed by atoms with Crippen molar-refractivity contribution in [2.24, 2.45) is 5.10 Å². The number of hydrogen-bond acceptors (Lipinski definition) is 6. The number of hydrogen-bond donors (Lipinski definition) is 0. The van der Waals surface area contributed by atoms with Crippen molar-refractivity contribution in [3.8, 4) is 6.07 Å². The van der Waals surface area contributed by atoms with Crippen LogP contribution in [0.5, 0.6) is 0 Å². The van der Waals surface area contributed by atoms with E-state index in [1.54, 1.807) is 38.2 Å². The van der Waals surface area contributed by atoms with Crippen LogP contribution in [0.1, 0.15) is 16.7 Å². The van der Waals surface area contributed by atoms with Crippen molar-refractivity contribution < 1.29 is 4.92 Å². The third-order valence-electron chi connectivity index (χ3n) is 3.11. The maximum Gasteiger partial charge on any atom is 0.278 e. The van der Waals surface area contributed by atoms with Crippen molar-refractivity contribution in [1.29, 1.82) is 5.26 Å². The second-order valence-electron chi connectivity index (χ2n) is 4.66. The minimum absolute atomic E-state index is 0.0355. The number of nitro benzene ring substituents is 1. The van der Waals surface area contributed by atoms with E-state index < -0.39 is 4.92 Å². The molecule has 2 rings (SSSR count). The molecule has 0 fully saturated rings. The lowest BCUT2D eigenvalue weighted by Gasteiger charge is -2.13. The Morgan fingerprint density at radius 1 is 1.48 bits per heavy atom. The molecule has 0 aliphatic carbocycles. The maximum absolute atomic E-state index is 11.0. The van der Waals surface area contributed by atoms with Crippen molar-refractivity contribution in [1.82, 2.24) is 4.98 Å². The van der Waals surface area contributed by atoms with Crippen LogP contribution >= 0.6 is 11.6 Å². The minimum atomic E-state index is -0.470. The number of anilines is 1. The summed E-state index contributed by atoms with van der Waals surface area (Å²) in [5.41, 5.74) is 1.33. The SMILES string of the molecule is Cc1cc(N(C)/N=C/c2ccccc2[N+](=O)[O-])nc(Cl)c1C#N. The smallest absolute Gasteiger partial charge is 0.258 e. The van der Waals surface area contributed by atoms with E-state index in [0.29, 0.717) is 22.5 Å². The highest BCUT2D eigenvalue weighted by Crippen LogP contribution is 2.22. The first-order chi connectivity index (χ1) is 10.9. The Balaban J connectivity index is 2.31. The summed E-state index contributed by atoms with van der Waals surface area (Å²) in [6.07, 6.45) is 1.38. The number of halogens is 1. The van der Waals surface area contributed by atoms with Crippen LogP contribution < -0.4 is 5.01 Å². The average molecular weight is 330 g/mol. The van der Waals surface area contributed by atoms with Gasteiger partial charge in [-0.25, -0.2) is 4.98 Å². The molecule has 1 aromatic carbocycles. The van der Waals surface area contributed by atoms with Crippen molar-refractivity contribution >= 4 is 29.3 Å². The number of nitriles is 1. The topological polar surface area (TPSA) is 95.4 Å². The average Bonchev–Trinajstić information content (AvgIpc) is 2.52. The lowest BCUT2D eigenvalue weighted by molar-refractivity contribution is -0.385. The Kier molecular flexibility index (Phi) is 4.88. The van der Waals surface area contributed by atoms with Crippen LogP contribution in [0, 0.1) is 28.4 Å². The molecule has 7 nitrogen and oxygen atoms in total. The first-order valence-electron chi connectivity index (χ1n) is 6.52. The second-order valence-corrected chi connectivity index (χ2v) is 5.02. The molecule has 1 aromatic heterocycles. The van der Waals surface area contributed by atoms with Gasteiger partial charge in [-0.05, 0) is 24.6 Å². The van der Waals surface area contributed by atoms with Crippen molar-refractivity contribution in [2.45, 2.75) is 6.92 Å². The summed E-state index contributed by atoms with van der Waals surface area (Å²) in [5, 5.41) is 25.6. The third-order valence-corrected chi connectivity index (χ3v) is 3.38. The van der Waals surface area contributed by atoms with E-state index in [2.05, 4.69) is 10.1 Å². The van der Waals surface area contributed by atoms with Crippen LogP contribution in [-0.2, 0) is 0 Å². The van der Waals surface area contributed by atoms with Crippen LogP contribution in [0.25, 0.3) is 0 Å². The molecule has 23 heavy (non-hydrogen) atoms. The summed E-state index contributed by atoms with van der Waals surface area (Å²) >= 11 is 5.96. The van der Waals surface area contributed by atoms with E-state index in [4.69, 9.17) is 16.9 Å². The zero-order chi connectivity index (χ0) is 17.0. The highest BCUT2D eigenvalue weighted by Gasteiger charge is 2.12. The number of aromatic nitrogens is 1. The molecule has 0 aliphatic rings. The van der Waals surface area contributed by atoms with Gasteiger partial charge in [0.15, 0.2) is 5.82 Å². The van der Waals surface area contributed by atoms with E-state index in [-0.39, 0.29) is 10.8 Å². The summed E-state index contributed by atoms with van der Waals surface area (Å²) in [7, 11) is 1.63. The number of nitrogens with zero attached hydrogens (tertiary/aromatic N) is 5. The lowest BCUT2D eigenvalue weighted by Crippen LogP contribution is -2.12. The number of hydrazone groups is 1. The zero-order valence-corrected chi connectivity index (χ0v) is 13.2. The van der Waals surface area contributed by atoms with E-state index >= 15 is 0 Å². The van der Waals surface area contributed by atoms with Gasteiger partial charge in [0, 0.05) is 13.1 Å². The van der Waals surface area contributed by atoms with Gasteiger partial charge in [-0.15, -0.1) is 0 Å². The lowest BCUT2D eigenvalue weighted by atomic mass is 10.2. The first-order valence-corrected chi connectivity index (χ1v) is 6.90. The van der Waals surface area contributed by atoms with Crippen molar-refractivity contribution in [3.05, 3.63) is 62.3 Å².